The second-order valence-corrected chi connectivity index (χ2v) is 8.75. The van der Waals surface area contributed by atoms with Gasteiger partial charge in [-0.05, 0) is 29.8 Å². The summed E-state index contributed by atoms with van der Waals surface area (Å²) in [6.07, 6.45) is 0. The van der Waals surface area contributed by atoms with Crippen LogP contribution in [0, 0.1) is 5.82 Å². The molecule has 0 spiro atoms. The average molecular weight is 375 g/mol. The van der Waals surface area contributed by atoms with Crippen molar-refractivity contribution in [2.75, 3.05) is 13.1 Å². The Morgan fingerprint density at radius 1 is 1.22 bits per heavy atom. The van der Waals surface area contributed by atoms with E-state index in [9.17, 15) is 17.6 Å². The minimum absolute atomic E-state index is 0.0734. The summed E-state index contributed by atoms with van der Waals surface area (Å²) in [5.74, 6) is -0.890. The second-order valence-electron chi connectivity index (χ2n) is 4.92. The third-order valence-corrected chi connectivity index (χ3v) is 7.03. The Bertz CT molecular complexity index is 836. The molecule has 3 rings (SSSR count). The lowest BCUT2D eigenvalue weighted by Crippen LogP contribution is -2.51. The number of halogens is 2. The van der Waals surface area contributed by atoms with Crippen LogP contribution in [0.5, 0.6) is 0 Å². The highest BCUT2D eigenvalue weighted by molar-refractivity contribution is 7.91. The van der Waals surface area contributed by atoms with E-state index in [2.05, 4.69) is 5.32 Å². The number of carbonyl (C=O) groups excluding carboxylic acids is 1. The number of rotatable bonds is 3. The van der Waals surface area contributed by atoms with Crippen LogP contribution in [0.25, 0.3) is 0 Å². The fourth-order valence-corrected chi connectivity index (χ4v) is 5.61. The Hall–Kier alpha value is -1.48. The molecule has 23 heavy (non-hydrogen) atoms. The Morgan fingerprint density at radius 3 is 2.52 bits per heavy atom. The van der Waals surface area contributed by atoms with Crippen LogP contribution >= 0.6 is 22.9 Å². The standard InChI is InChI=1S/C14H12ClFN2O3S2/c15-11-5-6-12(22-11)23(20,21)18-8-7-17-14(19)13(18)9-1-3-10(16)4-2-9/h1-6,13H,7-8H2,(H,17,19). The molecule has 122 valence electrons. The number of nitrogens with one attached hydrogen (secondary N) is 1. The molecule has 0 radical (unpaired) electrons. The van der Waals surface area contributed by atoms with E-state index in [1.54, 1.807) is 0 Å². The minimum Gasteiger partial charge on any atom is -0.353 e. The molecule has 1 amide bonds. The van der Waals surface area contributed by atoms with Crippen molar-refractivity contribution < 1.29 is 17.6 Å². The Morgan fingerprint density at radius 2 is 1.91 bits per heavy atom. The maximum Gasteiger partial charge on any atom is 0.253 e. The topological polar surface area (TPSA) is 66.5 Å². The first-order valence-electron chi connectivity index (χ1n) is 6.70. The normalized spacial score (nSPS) is 19.6. The molecule has 1 aliphatic heterocycles. The van der Waals surface area contributed by atoms with Crippen LogP contribution in [0.3, 0.4) is 0 Å². The van der Waals surface area contributed by atoms with Gasteiger partial charge in [0.1, 0.15) is 16.1 Å². The molecule has 0 saturated carbocycles. The SMILES string of the molecule is O=C1NCCN(S(=O)(=O)c2ccc(Cl)s2)C1c1ccc(F)cc1. The lowest BCUT2D eigenvalue weighted by Gasteiger charge is -2.33. The molecular weight excluding hydrogens is 363 g/mol. The molecule has 1 unspecified atom stereocenters. The molecule has 1 aromatic carbocycles. The zero-order valence-electron chi connectivity index (χ0n) is 11.7. The first-order valence-corrected chi connectivity index (χ1v) is 9.33. The number of nitrogens with zero attached hydrogens (tertiary/aromatic N) is 1. The highest BCUT2D eigenvalue weighted by atomic mass is 35.5. The zero-order valence-corrected chi connectivity index (χ0v) is 14.1. The maximum absolute atomic E-state index is 13.1. The van der Waals surface area contributed by atoms with Gasteiger partial charge in [0.15, 0.2) is 0 Å². The van der Waals surface area contributed by atoms with Crippen molar-refractivity contribution in [1.82, 2.24) is 9.62 Å². The number of hydrogen-bond donors (Lipinski definition) is 1. The van der Waals surface area contributed by atoms with Gasteiger partial charge in [0.2, 0.25) is 5.91 Å². The van der Waals surface area contributed by atoms with Gasteiger partial charge in [-0.1, -0.05) is 23.7 Å². The molecule has 2 aromatic rings. The van der Waals surface area contributed by atoms with Gasteiger partial charge in [0.05, 0.1) is 4.34 Å². The molecule has 2 heterocycles. The fourth-order valence-electron chi connectivity index (χ4n) is 2.42. The van der Waals surface area contributed by atoms with Crippen molar-refractivity contribution in [3.63, 3.8) is 0 Å². The minimum atomic E-state index is -3.87. The molecule has 1 N–H and O–H groups in total. The average Bonchev–Trinajstić information content (AvgIpc) is 2.95. The summed E-state index contributed by atoms with van der Waals surface area (Å²) in [4.78, 5) is 12.2. The highest BCUT2D eigenvalue weighted by Gasteiger charge is 2.40. The molecule has 5 nitrogen and oxygen atoms in total. The predicted molar refractivity (Wildman–Crippen MR) is 85.4 cm³/mol. The van der Waals surface area contributed by atoms with E-state index in [1.807, 2.05) is 0 Å². The van der Waals surface area contributed by atoms with E-state index in [0.29, 0.717) is 9.90 Å². The molecule has 0 aliphatic carbocycles. The van der Waals surface area contributed by atoms with Crippen LogP contribution in [0.1, 0.15) is 11.6 Å². The van der Waals surface area contributed by atoms with E-state index in [-0.39, 0.29) is 17.3 Å². The highest BCUT2D eigenvalue weighted by Crippen LogP contribution is 2.34. The molecule has 1 aromatic heterocycles. The predicted octanol–water partition coefficient (Wildman–Crippen LogP) is 2.40. The van der Waals surface area contributed by atoms with Crippen LogP contribution in [-0.4, -0.2) is 31.7 Å². The van der Waals surface area contributed by atoms with Gasteiger partial charge in [-0.25, -0.2) is 12.8 Å². The smallest absolute Gasteiger partial charge is 0.253 e. The summed E-state index contributed by atoms with van der Waals surface area (Å²) in [5.41, 5.74) is 0.412. The third kappa shape index (κ3) is 3.12. The summed E-state index contributed by atoms with van der Waals surface area (Å²) < 4.78 is 40.3. The van der Waals surface area contributed by atoms with Gasteiger partial charge >= 0.3 is 0 Å². The van der Waals surface area contributed by atoms with Gasteiger partial charge < -0.3 is 5.32 Å². The van der Waals surface area contributed by atoms with Crippen LogP contribution in [0.2, 0.25) is 4.34 Å². The third-order valence-electron chi connectivity index (χ3n) is 3.47. The van der Waals surface area contributed by atoms with Gasteiger partial charge in [0, 0.05) is 13.1 Å². The van der Waals surface area contributed by atoms with Crippen molar-refractivity contribution in [2.24, 2.45) is 0 Å². The van der Waals surface area contributed by atoms with Crippen LogP contribution in [-0.2, 0) is 14.8 Å². The van der Waals surface area contributed by atoms with Crippen LogP contribution < -0.4 is 5.32 Å². The van der Waals surface area contributed by atoms with Crippen LogP contribution in [0.15, 0.2) is 40.6 Å². The van der Waals surface area contributed by atoms with Crippen molar-refractivity contribution in [3.8, 4) is 0 Å². The largest absolute Gasteiger partial charge is 0.353 e. The molecule has 1 fully saturated rings. The van der Waals surface area contributed by atoms with E-state index < -0.39 is 27.8 Å². The molecule has 1 saturated heterocycles. The van der Waals surface area contributed by atoms with E-state index in [1.165, 1.54) is 36.4 Å². The van der Waals surface area contributed by atoms with Crippen molar-refractivity contribution in [3.05, 3.63) is 52.1 Å². The fraction of sp³-hybridized carbons (Fsp3) is 0.214. The van der Waals surface area contributed by atoms with E-state index >= 15 is 0 Å². The van der Waals surface area contributed by atoms with E-state index in [0.717, 1.165) is 15.6 Å². The number of piperazine rings is 1. The monoisotopic (exact) mass is 374 g/mol. The molecule has 1 aliphatic rings. The number of hydrogen-bond acceptors (Lipinski definition) is 4. The van der Waals surface area contributed by atoms with Crippen molar-refractivity contribution in [1.29, 1.82) is 0 Å². The van der Waals surface area contributed by atoms with Gasteiger partial charge in [-0.2, -0.15) is 4.31 Å². The maximum atomic E-state index is 13.1. The van der Waals surface area contributed by atoms with Gasteiger partial charge in [-0.15, -0.1) is 11.3 Å². The lowest BCUT2D eigenvalue weighted by molar-refractivity contribution is -0.126. The number of thiophene rings is 1. The first-order chi connectivity index (χ1) is 10.9. The van der Waals surface area contributed by atoms with E-state index in [4.69, 9.17) is 11.6 Å². The van der Waals surface area contributed by atoms with Crippen LogP contribution in [0.4, 0.5) is 4.39 Å². The van der Waals surface area contributed by atoms with Crippen molar-refractivity contribution in [2.45, 2.75) is 10.3 Å². The Labute approximate surface area is 141 Å². The molecule has 1 atom stereocenters. The Kier molecular flexibility index (Phi) is 4.41. The lowest BCUT2D eigenvalue weighted by atomic mass is 10.0. The van der Waals surface area contributed by atoms with Gasteiger partial charge in [0.25, 0.3) is 10.0 Å². The van der Waals surface area contributed by atoms with Gasteiger partial charge in [-0.3, -0.25) is 4.79 Å². The summed E-state index contributed by atoms with van der Waals surface area (Å²) in [6.45, 7) is 0.348. The zero-order chi connectivity index (χ0) is 16.6. The summed E-state index contributed by atoms with van der Waals surface area (Å²) in [5, 5.41) is 2.64. The number of carbonyl (C=O) groups is 1. The van der Waals surface area contributed by atoms with Crippen molar-refractivity contribution >= 4 is 38.9 Å². The quantitative estimate of drug-likeness (QED) is 0.897. The molecule has 0 bridgehead atoms. The summed E-state index contributed by atoms with van der Waals surface area (Å²) >= 11 is 6.75. The summed E-state index contributed by atoms with van der Waals surface area (Å²) in [6, 6.07) is 7.10. The molecule has 9 heteroatoms. The number of amides is 1. The number of benzene rings is 1. The first kappa shape index (κ1) is 16.4. The second kappa shape index (κ2) is 6.20. The number of sulfonamides is 1. The summed E-state index contributed by atoms with van der Waals surface area (Å²) in [7, 11) is -3.87. The molecular formula is C14H12ClFN2O3S2. The Balaban J connectivity index is 2.04.